The van der Waals surface area contributed by atoms with Crippen LogP contribution in [0.25, 0.3) is 5.82 Å². The largest absolute Gasteiger partial charge is 0.435 e. The first-order valence-corrected chi connectivity index (χ1v) is 6.76. The highest BCUT2D eigenvalue weighted by atomic mass is 19.4. The van der Waals surface area contributed by atoms with Gasteiger partial charge in [0.1, 0.15) is 0 Å². The SMILES string of the molecule is CCc1cc(C(C)(C)C)cc(-n2ccc(C(F)(F)F)n2)n1. The number of aryl methyl sites for hydroxylation is 1. The molecule has 0 N–H and O–H groups in total. The lowest BCUT2D eigenvalue weighted by Crippen LogP contribution is -2.14. The molecule has 0 saturated heterocycles. The summed E-state index contributed by atoms with van der Waals surface area (Å²) in [7, 11) is 0. The van der Waals surface area contributed by atoms with Gasteiger partial charge in [-0.3, -0.25) is 0 Å². The molecule has 0 unspecified atom stereocenters. The highest BCUT2D eigenvalue weighted by molar-refractivity contribution is 5.34. The van der Waals surface area contributed by atoms with Crippen LogP contribution in [-0.2, 0) is 18.0 Å². The number of pyridine rings is 1. The zero-order chi connectivity index (χ0) is 15.8. The molecule has 0 atom stereocenters. The Balaban J connectivity index is 2.51. The zero-order valence-electron chi connectivity index (χ0n) is 12.5. The van der Waals surface area contributed by atoms with Crippen molar-refractivity contribution < 1.29 is 13.2 Å². The number of hydrogen-bond acceptors (Lipinski definition) is 2. The number of alkyl halides is 3. The molecule has 2 heterocycles. The van der Waals surface area contributed by atoms with Gasteiger partial charge >= 0.3 is 6.18 Å². The molecule has 0 aromatic carbocycles. The number of nitrogens with zero attached hydrogens (tertiary/aromatic N) is 3. The van der Waals surface area contributed by atoms with E-state index < -0.39 is 11.9 Å². The first-order chi connectivity index (χ1) is 9.61. The van der Waals surface area contributed by atoms with E-state index in [1.54, 1.807) is 6.07 Å². The van der Waals surface area contributed by atoms with Crippen molar-refractivity contribution in [2.75, 3.05) is 0 Å². The summed E-state index contributed by atoms with van der Waals surface area (Å²) in [5.41, 5.74) is 0.833. The molecule has 114 valence electrons. The summed E-state index contributed by atoms with van der Waals surface area (Å²) in [6.45, 7) is 8.12. The Bertz CT molecular complexity index is 636. The van der Waals surface area contributed by atoms with Crippen LogP contribution in [-0.4, -0.2) is 14.8 Å². The summed E-state index contributed by atoms with van der Waals surface area (Å²) in [6, 6.07) is 4.72. The minimum atomic E-state index is -4.44. The van der Waals surface area contributed by atoms with Crippen molar-refractivity contribution >= 4 is 0 Å². The summed E-state index contributed by atoms with van der Waals surface area (Å²) in [5.74, 6) is 0.412. The van der Waals surface area contributed by atoms with E-state index >= 15 is 0 Å². The highest BCUT2D eigenvalue weighted by Crippen LogP contribution is 2.29. The van der Waals surface area contributed by atoms with E-state index in [9.17, 15) is 13.2 Å². The maximum atomic E-state index is 12.6. The van der Waals surface area contributed by atoms with Crippen LogP contribution in [0, 0.1) is 0 Å². The average molecular weight is 297 g/mol. The quantitative estimate of drug-likeness (QED) is 0.834. The second-order valence-electron chi connectivity index (χ2n) is 5.95. The Hall–Kier alpha value is -1.85. The molecule has 0 saturated carbocycles. The molecule has 3 nitrogen and oxygen atoms in total. The predicted octanol–water partition coefficient (Wildman–Crippen LogP) is 4.15. The van der Waals surface area contributed by atoms with Crippen LogP contribution >= 0.6 is 0 Å². The van der Waals surface area contributed by atoms with Crippen LogP contribution in [0.1, 0.15) is 44.6 Å². The van der Waals surface area contributed by atoms with Gasteiger partial charge in [-0.05, 0) is 35.6 Å². The van der Waals surface area contributed by atoms with Gasteiger partial charge in [-0.25, -0.2) is 9.67 Å². The van der Waals surface area contributed by atoms with Crippen LogP contribution in [0.2, 0.25) is 0 Å². The molecule has 0 spiro atoms. The van der Waals surface area contributed by atoms with Crippen molar-refractivity contribution in [3.63, 3.8) is 0 Å². The Morgan fingerprint density at radius 2 is 1.81 bits per heavy atom. The van der Waals surface area contributed by atoms with Crippen LogP contribution < -0.4 is 0 Å². The number of halogens is 3. The summed E-state index contributed by atoms with van der Waals surface area (Å²) in [6.07, 6.45) is -2.44. The summed E-state index contributed by atoms with van der Waals surface area (Å²) in [5, 5.41) is 3.58. The third-order valence-corrected chi connectivity index (χ3v) is 3.21. The maximum absolute atomic E-state index is 12.6. The maximum Gasteiger partial charge on any atom is 0.435 e. The van der Waals surface area contributed by atoms with Crippen LogP contribution in [0.3, 0.4) is 0 Å². The number of hydrogen-bond donors (Lipinski definition) is 0. The van der Waals surface area contributed by atoms with Gasteiger partial charge in [0, 0.05) is 11.9 Å². The van der Waals surface area contributed by atoms with Gasteiger partial charge in [-0.1, -0.05) is 27.7 Å². The van der Waals surface area contributed by atoms with E-state index in [2.05, 4.69) is 30.9 Å². The third-order valence-electron chi connectivity index (χ3n) is 3.21. The van der Waals surface area contributed by atoms with Crippen LogP contribution in [0.5, 0.6) is 0 Å². The first kappa shape index (κ1) is 15.5. The second-order valence-corrected chi connectivity index (χ2v) is 5.95. The molecule has 0 bridgehead atoms. The smallest absolute Gasteiger partial charge is 0.234 e. The molecule has 0 amide bonds. The minimum absolute atomic E-state index is 0.110. The topological polar surface area (TPSA) is 30.7 Å². The summed E-state index contributed by atoms with van der Waals surface area (Å²) < 4.78 is 39.1. The minimum Gasteiger partial charge on any atom is -0.234 e. The number of rotatable bonds is 2. The first-order valence-electron chi connectivity index (χ1n) is 6.76. The van der Waals surface area contributed by atoms with E-state index in [0.717, 1.165) is 17.3 Å². The summed E-state index contributed by atoms with van der Waals surface area (Å²) >= 11 is 0. The van der Waals surface area contributed by atoms with E-state index in [1.165, 1.54) is 10.9 Å². The van der Waals surface area contributed by atoms with Gasteiger partial charge < -0.3 is 0 Å². The molecule has 6 heteroatoms. The molecule has 0 aliphatic rings. The van der Waals surface area contributed by atoms with E-state index in [-0.39, 0.29) is 5.41 Å². The molecule has 0 radical (unpaired) electrons. The van der Waals surface area contributed by atoms with E-state index in [0.29, 0.717) is 12.2 Å². The van der Waals surface area contributed by atoms with Crippen LogP contribution in [0.4, 0.5) is 13.2 Å². The van der Waals surface area contributed by atoms with Crippen LogP contribution in [0.15, 0.2) is 24.4 Å². The van der Waals surface area contributed by atoms with Gasteiger partial charge in [-0.15, -0.1) is 0 Å². The van der Waals surface area contributed by atoms with Crippen molar-refractivity contribution in [2.45, 2.75) is 45.7 Å². The number of aromatic nitrogens is 3. The normalized spacial score (nSPS) is 12.7. The van der Waals surface area contributed by atoms with Crippen molar-refractivity contribution in [3.05, 3.63) is 41.3 Å². The Labute approximate surface area is 121 Å². The molecule has 0 aliphatic heterocycles. The molecule has 21 heavy (non-hydrogen) atoms. The monoisotopic (exact) mass is 297 g/mol. The lowest BCUT2D eigenvalue weighted by molar-refractivity contribution is -0.141. The van der Waals surface area contributed by atoms with Crippen molar-refractivity contribution in [2.24, 2.45) is 0 Å². The van der Waals surface area contributed by atoms with Gasteiger partial charge in [0.15, 0.2) is 11.5 Å². The van der Waals surface area contributed by atoms with Crippen molar-refractivity contribution in [3.8, 4) is 5.82 Å². The Morgan fingerprint density at radius 1 is 1.14 bits per heavy atom. The average Bonchev–Trinajstić information content (AvgIpc) is 2.86. The second kappa shape index (κ2) is 5.16. The summed E-state index contributed by atoms with van der Waals surface area (Å²) in [4.78, 5) is 4.36. The van der Waals surface area contributed by atoms with E-state index in [1.807, 2.05) is 13.0 Å². The zero-order valence-corrected chi connectivity index (χ0v) is 12.5. The predicted molar refractivity (Wildman–Crippen MR) is 74.4 cm³/mol. The molecule has 2 rings (SSSR count). The molecular formula is C15H18F3N3. The molecule has 2 aromatic rings. The van der Waals surface area contributed by atoms with E-state index in [4.69, 9.17) is 0 Å². The molecule has 0 aliphatic carbocycles. The lowest BCUT2D eigenvalue weighted by Gasteiger charge is -2.20. The van der Waals surface area contributed by atoms with Crippen molar-refractivity contribution in [1.29, 1.82) is 0 Å². The standard InChI is InChI=1S/C15H18F3N3/c1-5-11-8-10(14(2,3)4)9-13(19-11)21-7-6-12(20-21)15(16,17)18/h6-9H,5H2,1-4H3. The fourth-order valence-electron chi connectivity index (χ4n) is 1.91. The molecular weight excluding hydrogens is 279 g/mol. The van der Waals surface area contributed by atoms with Gasteiger partial charge in [0.2, 0.25) is 0 Å². The Morgan fingerprint density at radius 3 is 2.29 bits per heavy atom. The van der Waals surface area contributed by atoms with Gasteiger partial charge in [0.05, 0.1) is 0 Å². The molecule has 2 aromatic heterocycles. The third kappa shape index (κ3) is 3.43. The van der Waals surface area contributed by atoms with Crippen molar-refractivity contribution in [1.82, 2.24) is 14.8 Å². The van der Waals surface area contributed by atoms with Gasteiger partial charge in [0.25, 0.3) is 0 Å². The lowest BCUT2D eigenvalue weighted by atomic mass is 9.87. The Kier molecular flexibility index (Phi) is 3.82. The fraction of sp³-hybridized carbons (Fsp3) is 0.467. The molecule has 0 fully saturated rings. The fourth-order valence-corrected chi connectivity index (χ4v) is 1.91. The highest BCUT2D eigenvalue weighted by Gasteiger charge is 2.33. The van der Waals surface area contributed by atoms with Gasteiger partial charge in [-0.2, -0.15) is 18.3 Å².